The van der Waals surface area contributed by atoms with Gasteiger partial charge in [-0.3, -0.25) is 10.9 Å². The highest BCUT2D eigenvalue weighted by Crippen LogP contribution is 2.15. The zero-order chi connectivity index (χ0) is 13.2. The summed E-state index contributed by atoms with van der Waals surface area (Å²) in [5.41, 5.74) is 5.54. The van der Waals surface area contributed by atoms with E-state index in [9.17, 15) is 0 Å². The van der Waals surface area contributed by atoms with Gasteiger partial charge >= 0.3 is 0 Å². The van der Waals surface area contributed by atoms with Crippen LogP contribution in [0.2, 0.25) is 0 Å². The third-order valence-electron chi connectivity index (χ3n) is 1.92. The fourth-order valence-corrected chi connectivity index (χ4v) is 2.06. The molecule has 0 aliphatic heterocycles. The van der Waals surface area contributed by atoms with Gasteiger partial charge in [-0.25, -0.2) is 0 Å². The van der Waals surface area contributed by atoms with Crippen LogP contribution in [0.3, 0.4) is 0 Å². The van der Waals surface area contributed by atoms with E-state index in [-0.39, 0.29) is 0 Å². The maximum absolute atomic E-state index is 5.07. The summed E-state index contributed by atoms with van der Waals surface area (Å²) in [6.07, 6.45) is 0. The average Bonchev–Trinajstić information content (AvgIpc) is 2.42. The van der Waals surface area contributed by atoms with Crippen LogP contribution in [0.1, 0.15) is 0 Å². The Hall–Kier alpha value is -1.05. The number of nitrogens with one attached hydrogen (secondary N) is 4. The van der Waals surface area contributed by atoms with Gasteiger partial charge in [0.25, 0.3) is 0 Å². The van der Waals surface area contributed by atoms with Crippen LogP contribution in [-0.4, -0.2) is 29.6 Å². The van der Waals surface area contributed by atoms with E-state index in [2.05, 4.69) is 33.6 Å². The van der Waals surface area contributed by atoms with Crippen molar-refractivity contribution in [1.82, 2.24) is 21.5 Å². The van der Waals surface area contributed by atoms with E-state index in [0.29, 0.717) is 10.2 Å². The van der Waals surface area contributed by atoms with Crippen molar-refractivity contribution in [1.29, 1.82) is 0 Å². The van der Waals surface area contributed by atoms with Crippen molar-refractivity contribution in [3.8, 4) is 0 Å². The number of hydrazine groups is 1. The molecule has 4 N–H and O–H groups in total. The molecule has 7 heteroatoms. The lowest BCUT2D eigenvalue weighted by atomic mass is 10.4. The first-order valence-corrected chi connectivity index (χ1v) is 7.22. The van der Waals surface area contributed by atoms with Gasteiger partial charge in [-0.05, 0) is 36.6 Å². The first-order valence-electron chi connectivity index (χ1n) is 5.42. The molecule has 0 heterocycles. The van der Waals surface area contributed by atoms with Crippen molar-refractivity contribution in [2.75, 3.05) is 19.3 Å². The van der Waals surface area contributed by atoms with Crippen LogP contribution < -0.4 is 21.5 Å². The van der Waals surface area contributed by atoms with Crippen LogP contribution >= 0.6 is 36.2 Å². The summed E-state index contributed by atoms with van der Waals surface area (Å²) in [6, 6.07) is 10.3. The molecule has 98 valence electrons. The predicted molar refractivity (Wildman–Crippen MR) is 85.7 cm³/mol. The second kappa shape index (κ2) is 8.96. The maximum Gasteiger partial charge on any atom is 0.185 e. The van der Waals surface area contributed by atoms with Gasteiger partial charge in [0.15, 0.2) is 10.2 Å². The number of hydrogen-bond donors (Lipinski definition) is 4. The second-order valence-corrected chi connectivity index (χ2v) is 5.23. The summed E-state index contributed by atoms with van der Waals surface area (Å²) >= 11 is 11.7. The lowest BCUT2D eigenvalue weighted by molar-refractivity contribution is 0.809. The molecule has 1 aromatic rings. The molecular weight excluding hydrogens is 284 g/mol. The Bertz CT molecular complexity index is 383. The number of thioether (sulfide) groups is 1. The fourth-order valence-electron chi connectivity index (χ4n) is 1.07. The van der Waals surface area contributed by atoms with Crippen LogP contribution in [0.5, 0.6) is 0 Å². The molecule has 0 saturated heterocycles. The molecule has 0 atom stereocenters. The van der Waals surface area contributed by atoms with Crippen molar-refractivity contribution in [2.45, 2.75) is 4.90 Å². The molecule has 0 aliphatic carbocycles. The van der Waals surface area contributed by atoms with E-state index < -0.39 is 0 Å². The molecule has 0 saturated carbocycles. The van der Waals surface area contributed by atoms with E-state index >= 15 is 0 Å². The Morgan fingerprint density at radius 2 is 1.78 bits per heavy atom. The van der Waals surface area contributed by atoms with Gasteiger partial charge in [-0.1, -0.05) is 18.2 Å². The van der Waals surface area contributed by atoms with Crippen LogP contribution in [0.25, 0.3) is 0 Å². The Morgan fingerprint density at radius 1 is 1.11 bits per heavy atom. The van der Waals surface area contributed by atoms with Crippen LogP contribution in [0.15, 0.2) is 35.2 Å². The highest BCUT2D eigenvalue weighted by molar-refractivity contribution is 7.99. The lowest BCUT2D eigenvalue weighted by Gasteiger charge is -2.12. The normalized spacial score (nSPS) is 9.39. The fraction of sp³-hybridized carbons (Fsp3) is 0.273. The maximum atomic E-state index is 5.07. The zero-order valence-electron chi connectivity index (χ0n) is 10.0. The van der Waals surface area contributed by atoms with E-state index in [1.54, 1.807) is 18.8 Å². The minimum Gasteiger partial charge on any atom is -0.364 e. The molecule has 0 amide bonds. The van der Waals surface area contributed by atoms with Crippen molar-refractivity contribution in [3.63, 3.8) is 0 Å². The Balaban J connectivity index is 2.07. The largest absolute Gasteiger partial charge is 0.364 e. The minimum atomic E-state index is 0.498. The molecule has 0 spiro atoms. The monoisotopic (exact) mass is 300 g/mol. The number of rotatable bonds is 4. The lowest BCUT2D eigenvalue weighted by Crippen LogP contribution is -2.49. The Labute approximate surface area is 122 Å². The smallest absolute Gasteiger partial charge is 0.185 e. The van der Waals surface area contributed by atoms with Gasteiger partial charge in [0.1, 0.15) is 0 Å². The minimum absolute atomic E-state index is 0.498. The van der Waals surface area contributed by atoms with Gasteiger partial charge < -0.3 is 10.6 Å². The summed E-state index contributed by atoms with van der Waals surface area (Å²) in [7, 11) is 1.74. The van der Waals surface area contributed by atoms with Gasteiger partial charge in [0.2, 0.25) is 0 Å². The summed E-state index contributed by atoms with van der Waals surface area (Å²) in [6.45, 7) is 0.791. The molecule has 0 bridgehead atoms. The molecular formula is C11H16N4S3. The summed E-state index contributed by atoms with van der Waals surface area (Å²) < 4.78 is 0. The molecule has 0 unspecified atom stereocenters. The molecule has 0 aliphatic rings. The SMILES string of the molecule is CNC(=S)NNC(=S)NCCSc1ccccc1. The van der Waals surface area contributed by atoms with Crippen LogP contribution in [0.4, 0.5) is 0 Å². The highest BCUT2D eigenvalue weighted by Gasteiger charge is 1.96. The van der Waals surface area contributed by atoms with Gasteiger partial charge in [0, 0.05) is 24.2 Å². The number of hydrogen-bond acceptors (Lipinski definition) is 3. The van der Waals surface area contributed by atoms with Crippen molar-refractivity contribution in [3.05, 3.63) is 30.3 Å². The average molecular weight is 300 g/mol. The predicted octanol–water partition coefficient (Wildman–Crippen LogP) is 1.25. The topological polar surface area (TPSA) is 48.1 Å². The van der Waals surface area contributed by atoms with E-state index in [1.807, 2.05) is 18.2 Å². The van der Waals surface area contributed by atoms with E-state index in [1.165, 1.54) is 4.90 Å². The number of benzene rings is 1. The third kappa shape index (κ3) is 6.63. The Morgan fingerprint density at radius 3 is 2.44 bits per heavy atom. The Kier molecular flexibility index (Phi) is 7.47. The number of thiocarbonyl (C=S) groups is 2. The molecule has 0 aromatic heterocycles. The van der Waals surface area contributed by atoms with Crippen molar-refractivity contribution < 1.29 is 0 Å². The molecule has 0 radical (unpaired) electrons. The van der Waals surface area contributed by atoms with Gasteiger partial charge in [-0.2, -0.15) is 0 Å². The van der Waals surface area contributed by atoms with Crippen molar-refractivity contribution >= 4 is 46.4 Å². The first kappa shape index (κ1) is 15.0. The molecule has 1 aromatic carbocycles. The van der Waals surface area contributed by atoms with Gasteiger partial charge in [-0.15, -0.1) is 11.8 Å². The molecule has 1 rings (SSSR count). The summed E-state index contributed by atoms with van der Waals surface area (Å²) in [4.78, 5) is 1.26. The molecule has 0 fully saturated rings. The van der Waals surface area contributed by atoms with E-state index in [0.717, 1.165) is 12.3 Å². The van der Waals surface area contributed by atoms with Crippen LogP contribution in [0, 0.1) is 0 Å². The summed E-state index contributed by atoms with van der Waals surface area (Å²) in [5.74, 6) is 0.947. The van der Waals surface area contributed by atoms with E-state index in [4.69, 9.17) is 24.4 Å². The zero-order valence-corrected chi connectivity index (χ0v) is 12.5. The third-order valence-corrected chi connectivity index (χ3v) is 3.48. The van der Waals surface area contributed by atoms with Crippen molar-refractivity contribution in [2.24, 2.45) is 0 Å². The highest BCUT2D eigenvalue weighted by atomic mass is 32.2. The standard InChI is InChI=1S/C11H16N4S3/c1-12-10(16)14-15-11(17)13-7-8-18-9-5-3-2-4-6-9/h2-6H,7-8H2,1H3,(H2,12,14,16)(H2,13,15,17). The second-order valence-electron chi connectivity index (χ2n) is 3.25. The molecule has 18 heavy (non-hydrogen) atoms. The van der Waals surface area contributed by atoms with Crippen LogP contribution in [-0.2, 0) is 0 Å². The summed E-state index contributed by atoms with van der Waals surface area (Å²) in [5, 5.41) is 6.88. The molecule has 4 nitrogen and oxygen atoms in total. The van der Waals surface area contributed by atoms with Gasteiger partial charge in [0.05, 0.1) is 0 Å². The quantitative estimate of drug-likeness (QED) is 0.289. The first-order chi connectivity index (χ1) is 8.72.